The van der Waals surface area contributed by atoms with Crippen LogP contribution in [0.5, 0.6) is 5.75 Å². The molecular weight excluding hydrogens is 462 g/mol. The lowest BCUT2D eigenvalue weighted by atomic mass is 9.60. The minimum Gasteiger partial charge on any atom is -0.511 e. The number of nitrogens with zero attached hydrogens (tertiary/aromatic N) is 1. The number of carbonyl (C=O) groups is 4. The van der Waals surface area contributed by atoms with Gasteiger partial charge >= 0.3 is 0 Å². The van der Waals surface area contributed by atoms with Crippen LogP contribution in [0.4, 0.5) is 5.69 Å². The van der Waals surface area contributed by atoms with E-state index >= 15 is 0 Å². The second kappa shape index (κ2) is 7.53. The van der Waals surface area contributed by atoms with Gasteiger partial charge in [-0.05, 0) is 30.4 Å². The maximum Gasteiger partial charge on any atom is 0.294 e. The second-order valence-corrected chi connectivity index (χ2v) is 8.74. The van der Waals surface area contributed by atoms with Gasteiger partial charge in [0.05, 0.1) is 17.4 Å². The number of fused-ring (bicyclic) bond motifs is 3. The zero-order valence-electron chi connectivity index (χ0n) is 17.9. The topological polar surface area (TPSA) is 213 Å². The van der Waals surface area contributed by atoms with Crippen molar-refractivity contribution in [2.24, 2.45) is 17.6 Å². The summed E-state index contributed by atoms with van der Waals surface area (Å²) in [5, 5.41) is 49.0. The van der Waals surface area contributed by atoms with Gasteiger partial charge in [0.1, 0.15) is 17.1 Å². The number of amides is 2. The van der Waals surface area contributed by atoms with Crippen LogP contribution in [-0.2, 0) is 16.0 Å². The SMILES string of the molecule is NC(=O)C1=C(O)C[C@@H]2C[C@@H]3Cc4ccc(NC(=O)c5ccno5)c(O)c4C(=O)C3=C(O)[C@]2(O)C1=O. The molecule has 0 aliphatic heterocycles. The number of aliphatic hydroxyl groups is 3. The number of benzene rings is 1. The third-order valence-electron chi connectivity index (χ3n) is 6.84. The van der Waals surface area contributed by atoms with E-state index in [1.165, 1.54) is 24.4 Å². The van der Waals surface area contributed by atoms with Crippen LogP contribution in [-0.4, -0.2) is 54.6 Å². The number of carbonyl (C=O) groups excluding carboxylic acids is 4. The van der Waals surface area contributed by atoms with Crippen molar-refractivity contribution in [1.29, 1.82) is 0 Å². The van der Waals surface area contributed by atoms with Crippen LogP contribution in [0.15, 0.2) is 51.6 Å². The highest BCUT2D eigenvalue weighted by atomic mass is 16.5. The van der Waals surface area contributed by atoms with Crippen molar-refractivity contribution in [1.82, 2.24) is 5.16 Å². The molecule has 1 aromatic heterocycles. The lowest BCUT2D eigenvalue weighted by Crippen LogP contribution is -2.57. The first-order valence-corrected chi connectivity index (χ1v) is 10.6. The van der Waals surface area contributed by atoms with Gasteiger partial charge in [0.2, 0.25) is 11.5 Å². The van der Waals surface area contributed by atoms with Crippen LogP contribution < -0.4 is 11.1 Å². The Hall–Kier alpha value is -4.45. The number of ketones is 2. The lowest BCUT2D eigenvalue weighted by molar-refractivity contribution is -0.144. The number of primary amides is 1. The zero-order valence-corrected chi connectivity index (χ0v) is 17.9. The van der Waals surface area contributed by atoms with Gasteiger partial charge < -0.3 is 36.0 Å². The van der Waals surface area contributed by atoms with Gasteiger partial charge in [0.15, 0.2) is 17.1 Å². The van der Waals surface area contributed by atoms with Crippen molar-refractivity contribution in [3.63, 3.8) is 0 Å². The van der Waals surface area contributed by atoms with Crippen LogP contribution in [0.1, 0.15) is 39.3 Å². The zero-order chi connectivity index (χ0) is 25.2. The van der Waals surface area contributed by atoms with E-state index in [0.29, 0.717) is 5.56 Å². The summed E-state index contributed by atoms with van der Waals surface area (Å²) in [7, 11) is 0. The molecule has 0 spiro atoms. The molecule has 0 fully saturated rings. The molecule has 12 heteroatoms. The number of allylic oxidation sites excluding steroid dienone is 2. The standard InChI is InChI=1S/C23H19N3O9/c24-21(32)16-12(27)7-10-6-9-5-8-1-2-11(26-22(33)13-3-4-25-35-13)17(28)14(8)18(29)15(9)19(30)23(10,34)20(16)31/h1-4,9-10,27-28,30,34H,5-7H2,(H2,24,32)(H,26,33)/t9-,10-,23-/m0/s1. The van der Waals surface area contributed by atoms with E-state index in [-0.39, 0.29) is 41.8 Å². The number of phenolic OH excluding ortho intramolecular Hbond substituents is 1. The van der Waals surface area contributed by atoms with Crippen molar-refractivity contribution < 1.29 is 44.1 Å². The number of aromatic hydroxyl groups is 1. The summed E-state index contributed by atoms with van der Waals surface area (Å²) in [5.41, 5.74) is 1.53. The average molecular weight is 481 g/mol. The molecule has 2 amide bonds. The summed E-state index contributed by atoms with van der Waals surface area (Å²) in [6.45, 7) is 0. The summed E-state index contributed by atoms with van der Waals surface area (Å²) in [6, 6.07) is 4.24. The van der Waals surface area contributed by atoms with Crippen LogP contribution in [0.3, 0.4) is 0 Å². The van der Waals surface area contributed by atoms with Gasteiger partial charge in [0.25, 0.3) is 11.8 Å². The van der Waals surface area contributed by atoms with E-state index in [1.807, 2.05) is 0 Å². The maximum atomic E-state index is 13.5. The first-order chi connectivity index (χ1) is 16.6. The predicted molar refractivity (Wildman–Crippen MR) is 115 cm³/mol. The Labute approximate surface area is 196 Å². The molecule has 3 aliphatic rings. The predicted octanol–water partition coefficient (Wildman–Crippen LogP) is 0.821. The van der Waals surface area contributed by atoms with E-state index in [9.17, 15) is 39.6 Å². The van der Waals surface area contributed by atoms with Crippen LogP contribution in [0.25, 0.3) is 0 Å². The molecule has 35 heavy (non-hydrogen) atoms. The maximum absolute atomic E-state index is 13.5. The van der Waals surface area contributed by atoms with Crippen molar-refractivity contribution >= 4 is 29.1 Å². The Morgan fingerprint density at radius 3 is 2.54 bits per heavy atom. The fraction of sp³-hybridized carbons (Fsp3) is 0.261. The van der Waals surface area contributed by atoms with Crippen LogP contribution in [0.2, 0.25) is 0 Å². The Balaban J connectivity index is 1.58. The molecule has 1 heterocycles. The molecule has 0 saturated heterocycles. The third-order valence-corrected chi connectivity index (χ3v) is 6.84. The molecule has 180 valence electrons. The molecule has 0 bridgehead atoms. The van der Waals surface area contributed by atoms with Crippen LogP contribution >= 0.6 is 0 Å². The average Bonchev–Trinajstić information content (AvgIpc) is 3.33. The number of anilines is 1. The number of hydrogen-bond donors (Lipinski definition) is 6. The molecule has 1 aromatic carbocycles. The largest absolute Gasteiger partial charge is 0.511 e. The number of Topliss-reactive ketones (excluding diaryl/α,β-unsaturated/α-hetero) is 2. The molecule has 0 radical (unpaired) electrons. The number of phenols is 1. The first kappa shape index (κ1) is 22.3. The van der Waals surface area contributed by atoms with Gasteiger partial charge in [-0.15, -0.1) is 0 Å². The molecule has 12 nitrogen and oxygen atoms in total. The van der Waals surface area contributed by atoms with E-state index in [0.717, 1.165) is 0 Å². The lowest BCUT2D eigenvalue weighted by Gasteiger charge is -2.45. The van der Waals surface area contributed by atoms with E-state index in [1.54, 1.807) is 0 Å². The summed E-state index contributed by atoms with van der Waals surface area (Å²) >= 11 is 0. The summed E-state index contributed by atoms with van der Waals surface area (Å²) in [4.78, 5) is 50.4. The number of rotatable bonds is 3. The molecule has 7 N–H and O–H groups in total. The molecule has 3 aliphatic carbocycles. The molecule has 2 aromatic rings. The van der Waals surface area contributed by atoms with E-state index < -0.39 is 63.7 Å². The van der Waals surface area contributed by atoms with Gasteiger partial charge in [-0.2, -0.15) is 0 Å². The monoisotopic (exact) mass is 481 g/mol. The minimum absolute atomic E-state index is 0.0354. The Morgan fingerprint density at radius 2 is 1.89 bits per heavy atom. The highest BCUT2D eigenvalue weighted by molar-refractivity contribution is 6.24. The van der Waals surface area contributed by atoms with Gasteiger partial charge in [0, 0.05) is 24.0 Å². The van der Waals surface area contributed by atoms with Crippen molar-refractivity contribution in [3.05, 3.63) is 63.9 Å². The van der Waals surface area contributed by atoms with Crippen molar-refractivity contribution in [2.45, 2.75) is 24.9 Å². The fourth-order valence-electron chi connectivity index (χ4n) is 5.21. The molecule has 5 rings (SSSR count). The highest BCUT2D eigenvalue weighted by Gasteiger charge is 2.59. The van der Waals surface area contributed by atoms with Crippen LogP contribution in [0, 0.1) is 11.8 Å². The molecule has 0 unspecified atom stereocenters. The third kappa shape index (κ3) is 3.06. The number of hydrogen-bond acceptors (Lipinski definition) is 10. The van der Waals surface area contributed by atoms with E-state index in [4.69, 9.17) is 10.3 Å². The minimum atomic E-state index is -2.64. The van der Waals surface area contributed by atoms with Crippen molar-refractivity contribution in [2.75, 3.05) is 5.32 Å². The molecule has 3 atom stereocenters. The molecular formula is C23H19N3O9. The van der Waals surface area contributed by atoms with E-state index in [2.05, 4.69) is 10.5 Å². The van der Waals surface area contributed by atoms with Gasteiger partial charge in [-0.25, -0.2) is 0 Å². The Morgan fingerprint density at radius 1 is 1.14 bits per heavy atom. The highest BCUT2D eigenvalue weighted by Crippen LogP contribution is 2.51. The number of aliphatic hydroxyl groups excluding tert-OH is 2. The summed E-state index contributed by atoms with van der Waals surface area (Å²) < 4.78 is 4.77. The quantitative estimate of drug-likeness (QED) is 0.268. The van der Waals surface area contributed by atoms with Gasteiger partial charge in [-0.3, -0.25) is 19.2 Å². The number of nitrogens with one attached hydrogen (secondary N) is 1. The normalized spacial score (nSPS) is 25.6. The fourth-order valence-corrected chi connectivity index (χ4v) is 5.21. The number of nitrogens with two attached hydrogens (primary N) is 1. The van der Waals surface area contributed by atoms with Crippen molar-refractivity contribution in [3.8, 4) is 5.75 Å². The molecule has 0 saturated carbocycles. The second-order valence-electron chi connectivity index (χ2n) is 8.74. The number of aromatic nitrogens is 1. The Kier molecular flexibility index (Phi) is 4.81. The summed E-state index contributed by atoms with van der Waals surface area (Å²) in [5.74, 6) is -8.01. The summed E-state index contributed by atoms with van der Waals surface area (Å²) in [6.07, 6.45) is 1.16. The first-order valence-electron chi connectivity index (χ1n) is 10.6. The smallest absolute Gasteiger partial charge is 0.294 e. The Bertz CT molecular complexity index is 1390. The van der Waals surface area contributed by atoms with Gasteiger partial charge in [-0.1, -0.05) is 11.2 Å².